The van der Waals surface area contributed by atoms with Gasteiger partial charge in [-0.25, -0.2) is 86.3 Å². The third kappa shape index (κ3) is 41.1. The molecular weight excluding hydrogens is 1520 g/mol. The number of hydrogen-bond donors (Lipinski definition) is 6. The van der Waals surface area contributed by atoms with Crippen LogP contribution in [0.1, 0.15) is 41.5 Å². The van der Waals surface area contributed by atoms with Gasteiger partial charge >= 0.3 is 108 Å². The van der Waals surface area contributed by atoms with Crippen LogP contribution in [0.2, 0.25) is 0 Å². The second-order valence-corrected chi connectivity index (χ2v) is 24.7. The summed E-state index contributed by atoms with van der Waals surface area (Å²) in [5, 5.41) is 13.3. The molecule has 0 fully saturated rings. The second-order valence-electron chi connectivity index (χ2n) is 24.7. The minimum absolute atomic E-state index is 0.652. The van der Waals surface area contributed by atoms with Gasteiger partial charge < -0.3 is 117 Å². The first kappa shape index (κ1) is 100. The summed E-state index contributed by atoms with van der Waals surface area (Å²) in [5.74, 6) is -13.8. The number of esters is 12. The molecule has 6 amide bonds. The molecule has 42 heteroatoms. The van der Waals surface area contributed by atoms with Crippen molar-refractivity contribution in [1.82, 2.24) is 31.9 Å². The Morgan fingerprint density at radius 2 is 0.333 bits per heavy atom. The van der Waals surface area contributed by atoms with E-state index in [1.807, 2.05) is 0 Å². The van der Waals surface area contributed by atoms with Gasteiger partial charge in [-0.05, 0) is 41.5 Å². The first-order valence-electron chi connectivity index (χ1n) is 32.8. The smallest absolute Gasteiger partial charge is 0.408 e. The number of carbonyl (C=O) groups is 18. The average Bonchev–Trinajstić information content (AvgIpc) is 0.805. The third-order valence-corrected chi connectivity index (χ3v) is 13.6. The highest BCUT2D eigenvalue weighted by Crippen LogP contribution is 2.25. The summed E-state index contributed by atoms with van der Waals surface area (Å²) in [6.45, 7) is 30.9. The fourth-order valence-corrected chi connectivity index (χ4v) is 7.76. The maximum absolute atomic E-state index is 15.3. The van der Waals surface area contributed by atoms with Gasteiger partial charge in [0.05, 0.1) is 0 Å². The molecule has 42 nitrogen and oxygen atoms in total. The predicted octanol–water partition coefficient (Wildman–Crippen LogP) is 2.12. The second kappa shape index (κ2) is 50.0. The van der Waals surface area contributed by atoms with Gasteiger partial charge in [-0.3, -0.25) is 0 Å². The lowest BCUT2D eigenvalue weighted by molar-refractivity contribution is -0.149. The molecule has 0 rings (SSSR count). The number of amides is 6. The average molecular weight is 1620 g/mol. The van der Waals surface area contributed by atoms with E-state index in [1.165, 1.54) is 0 Å². The van der Waals surface area contributed by atoms with Crippen LogP contribution in [0, 0.1) is 0 Å². The molecule has 0 radical (unpaired) electrons. The minimum atomic E-state index is -3.06. The standard InChI is InChI=1S/C72H92N6O36/c1-19-47(79)99-33-67(13,34-100-48(80)20-2)73-61(91)97-31-45(111-63(93)75-69(15,37-103-51(83)23-5)38-104-52(84)24-6)59(113-65(95)77-71(17,41-107-55(87)27-9)42-108-56(88)28-10)60(114-66(96)78-72(18,43-109-57(89)29-11)44-110-58(90)30-12)46(112-64(94)76-70(16,39-105-53(85)25-7)40-106-54(86)26-8)32-98-62(92)74-68(14,35-101-49(81)21-3)36-102-50(82)22-4/h19-30,45-46,59-60H,1-12,31-44H2,13-18H3,(H,73,91)(H,74,92)(H,75,93)(H,76,94)(H,77,95)(H,78,96). The monoisotopic (exact) mass is 1620 g/mol. The summed E-state index contributed by atoms with van der Waals surface area (Å²) in [6, 6.07) is 0. The van der Waals surface area contributed by atoms with Crippen LogP contribution in [0.3, 0.4) is 0 Å². The van der Waals surface area contributed by atoms with Crippen molar-refractivity contribution in [2.45, 2.75) is 99.2 Å². The number of ether oxygens (including phenoxy) is 18. The van der Waals surface area contributed by atoms with Crippen molar-refractivity contribution in [3.63, 3.8) is 0 Å². The van der Waals surface area contributed by atoms with E-state index < -0.39 is 258 Å². The summed E-state index contributed by atoms with van der Waals surface area (Å²) in [7, 11) is 0. The lowest BCUT2D eigenvalue weighted by Gasteiger charge is -2.38. The molecular formula is C72H92N6O36. The SMILES string of the molecule is C=CC(=O)OCC(C)(COC(=O)C=C)NC(=O)OCC(OC(=O)NC(C)(COC(=O)C=C)COC(=O)C=C)C(OC(=O)NC(C)(COC(=O)C=C)COC(=O)C=C)C(OC(=O)NC(C)(COC(=O)C=C)COC(=O)C=C)C(COC(=O)NC(C)(COC(=O)C=C)COC(=O)C=C)OC(=O)NC(C)(COC(=O)C=C)COC(=O)C=C. The molecule has 0 aliphatic carbocycles. The van der Waals surface area contributed by atoms with Gasteiger partial charge in [0.1, 0.15) is 126 Å². The van der Waals surface area contributed by atoms with E-state index in [0.717, 1.165) is 41.5 Å². The van der Waals surface area contributed by atoms with Crippen LogP contribution in [0.4, 0.5) is 28.8 Å². The van der Waals surface area contributed by atoms with Gasteiger partial charge in [0.2, 0.25) is 0 Å². The number of alkyl carbamates (subject to hydrolysis) is 6. The van der Waals surface area contributed by atoms with E-state index >= 15 is 19.2 Å². The molecule has 0 aromatic heterocycles. The summed E-state index contributed by atoms with van der Waals surface area (Å²) in [6.07, 6.45) is -15.0. The Morgan fingerprint density at radius 1 is 0.211 bits per heavy atom. The van der Waals surface area contributed by atoms with Crippen molar-refractivity contribution in [2.24, 2.45) is 0 Å². The molecule has 0 bridgehead atoms. The quantitative estimate of drug-likeness (QED) is 0.0288. The lowest BCUT2D eigenvalue weighted by atomic mass is 10.0. The summed E-state index contributed by atoms with van der Waals surface area (Å²) >= 11 is 0. The van der Waals surface area contributed by atoms with Crippen LogP contribution >= 0.6 is 0 Å². The van der Waals surface area contributed by atoms with Gasteiger partial charge in [0, 0.05) is 72.9 Å². The lowest BCUT2D eigenvalue weighted by Crippen LogP contribution is -2.62. The van der Waals surface area contributed by atoms with Crippen LogP contribution in [0.25, 0.3) is 0 Å². The highest BCUT2D eigenvalue weighted by molar-refractivity contribution is 5.86. The van der Waals surface area contributed by atoms with Crippen LogP contribution in [-0.4, -0.2) is 258 Å². The normalized spacial score (nSPS) is 11.9. The zero-order valence-corrected chi connectivity index (χ0v) is 63.3. The molecule has 0 aromatic carbocycles. The van der Waals surface area contributed by atoms with E-state index in [4.69, 9.17) is 85.3 Å². The molecule has 114 heavy (non-hydrogen) atoms. The Balaban J connectivity index is 10.4. The summed E-state index contributed by atoms with van der Waals surface area (Å²) < 4.78 is 97.2. The van der Waals surface area contributed by atoms with Crippen LogP contribution in [0.15, 0.2) is 152 Å². The van der Waals surface area contributed by atoms with Crippen molar-refractivity contribution < 1.29 is 172 Å². The van der Waals surface area contributed by atoms with Crippen LogP contribution in [0.5, 0.6) is 0 Å². The van der Waals surface area contributed by atoms with E-state index in [2.05, 4.69) is 111 Å². The van der Waals surface area contributed by atoms with E-state index in [1.54, 1.807) is 0 Å². The highest BCUT2D eigenvalue weighted by Gasteiger charge is 2.49. The van der Waals surface area contributed by atoms with E-state index in [0.29, 0.717) is 72.9 Å². The summed E-state index contributed by atoms with van der Waals surface area (Å²) in [4.78, 5) is 240. The third-order valence-electron chi connectivity index (χ3n) is 13.6. The molecule has 6 N–H and O–H groups in total. The molecule has 0 aliphatic heterocycles. The van der Waals surface area contributed by atoms with Crippen molar-refractivity contribution in [3.8, 4) is 0 Å². The minimum Gasteiger partial charge on any atom is -0.460 e. The maximum atomic E-state index is 15.3. The Bertz CT molecular complexity index is 3260. The molecule has 0 saturated heterocycles. The molecule has 4 unspecified atom stereocenters. The molecule has 0 saturated carbocycles. The van der Waals surface area contributed by atoms with E-state index in [9.17, 15) is 67.1 Å². The number of nitrogens with one attached hydrogen (secondary N) is 6. The Hall–Kier alpha value is -13.9. The van der Waals surface area contributed by atoms with Gasteiger partial charge in [-0.1, -0.05) is 78.9 Å². The van der Waals surface area contributed by atoms with Crippen molar-refractivity contribution in [1.29, 1.82) is 0 Å². The topological polar surface area (TPSA) is 546 Å². The zero-order chi connectivity index (χ0) is 87.1. The largest absolute Gasteiger partial charge is 0.460 e. The Morgan fingerprint density at radius 3 is 0.465 bits per heavy atom. The molecule has 4 atom stereocenters. The number of rotatable bonds is 53. The van der Waals surface area contributed by atoms with Crippen molar-refractivity contribution in [3.05, 3.63) is 152 Å². The number of hydrogen-bond acceptors (Lipinski definition) is 36. The van der Waals surface area contributed by atoms with E-state index in [-0.39, 0.29) is 0 Å². The van der Waals surface area contributed by atoms with Crippen molar-refractivity contribution in [2.75, 3.05) is 92.5 Å². The fourth-order valence-electron chi connectivity index (χ4n) is 7.76. The molecule has 0 aromatic rings. The first-order valence-corrected chi connectivity index (χ1v) is 32.8. The number of carbonyl (C=O) groups excluding carboxylic acids is 18. The Labute approximate surface area is 653 Å². The molecule has 0 aliphatic rings. The van der Waals surface area contributed by atoms with Gasteiger partial charge in [0.15, 0.2) is 24.4 Å². The fraction of sp³-hybridized carbons (Fsp3) is 0.417. The van der Waals surface area contributed by atoms with Gasteiger partial charge in [0.25, 0.3) is 0 Å². The first-order chi connectivity index (χ1) is 53.4. The maximum Gasteiger partial charge on any atom is 0.408 e. The molecule has 0 spiro atoms. The molecule has 626 valence electrons. The zero-order valence-electron chi connectivity index (χ0n) is 63.3. The van der Waals surface area contributed by atoms with Gasteiger partial charge in [-0.15, -0.1) is 0 Å². The van der Waals surface area contributed by atoms with Crippen molar-refractivity contribution >= 4 is 108 Å². The van der Waals surface area contributed by atoms with Crippen LogP contribution < -0.4 is 31.9 Å². The van der Waals surface area contributed by atoms with Crippen LogP contribution in [-0.2, 0) is 143 Å². The predicted molar refractivity (Wildman–Crippen MR) is 387 cm³/mol. The Kier molecular flexibility index (Phi) is 44.0. The summed E-state index contributed by atoms with van der Waals surface area (Å²) in [5.41, 5.74) is -13.1. The van der Waals surface area contributed by atoms with Gasteiger partial charge in [-0.2, -0.15) is 0 Å². The highest BCUT2D eigenvalue weighted by atomic mass is 16.7. The molecule has 0 heterocycles.